The van der Waals surface area contributed by atoms with Crippen LogP contribution in [-0.4, -0.2) is 42.7 Å². The number of carbonyl (C=O) groups is 1. The molecule has 3 aromatic carbocycles. The fraction of sp³-hybridized carbons (Fsp3) is 0.258. The van der Waals surface area contributed by atoms with Crippen LogP contribution in [0.1, 0.15) is 37.9 Å². The van der Waals surface area contributed by atoms with Crippen molar-refractivity contribution in [2.75, 3.05) is 27.3 Å². The largest absolute Gasteiger partial charge is 0.496 e. The molecule has 0 bridgehead atoms. The molecular formula is C31H29I2N3O4S. The zero-order valence-electron chi connectivity index (χ0n) is 23.3. The van der Waals surface area contributed by atoms with Crippen LogP contribution in [0.2, 0.25) is 0 Å². The van der Waals surface area contributed by atoms with Gasteiger partial charge in [0.2, 0.25) is 0 Å². The van der Waals surface area contributed by atoms with Gasteiger partial charge in [0.05, 0.1) is 33.6 Å². The van der Waals surface area contributed by atoms with E-state index in [1.54, 1.807) is 23.7 Å². The van der Waals surface area contributed by atoms with Gasteiger partial charge in [-0.3, -0.25) is 14.2 Å². The summed E-state index contributed by atoms with van der Waals surface area (Å²) in [5.41, 5.74) is 2.43. The SMILES string of the molecule is CCN(CC)C(=O)C1=C(C)N=c2s/c(=C/c3cc(I)cc(I)c3OC)c(=O)n2[C@@H]1c1c(OC)ccc2ccccc12. The Balaban J connectivity index is 1.87. The van der Waals surface area contributed by atoms with Crippen LogP contribution in [0.3, 0.4) is 0 Å². The number of methoxy groups -OCH3 is 2. The Morgan fingerprint density at radius 3 is 2.51 bits per heavy atom. The number of allylic oxidation sites excluding steroid dienone is 1. The van der Waals surface area contributed by atoms with Gasteiger partial charge in [0.25, 0.3) is 11.5 Å². The van der Waals surface area contributed by atoms with Gasteiger partial charge >= 0.3 is 0 Å². The van der Waals surface area contributed by atoms with E-state index in [0.29, 0.717) is 45.2 Å². The van der Waals surface area contributed by atoms with Crippen molar-refractivity contribution in [1.82, 2.24) is 9.47 Å². The first-order chi connectivity index (χ1) is 19.7. The topological polar surface area (TPSA) is 73.1 Å². The quantitative estimate of drug-likeness (QED) is 0.233. The molecule has 0 N–H and O–H groups in total. The molecule has 4 aromatic rings. The van der Waals surface area contributed by atoms with Crippen molar-refractivity contribution in [3.05, 3.63) is 97.8 Å². The molecule has 1 aliphatic heterocycles. The molecule has 1 aromatic heterocycles. The van der Waals surface area contributed by atoms with E-state index in [9.17, 15) is 9.59 Å². The average molecular weight is 793 g/mol. The summed E-state index contributed by atoms with van der Waals surface area (Å²) < 4.78 is 15.7. The van der Waals surface area contributed by atoms with E-state index in [1.165, 1.54) is 11.3 Å². The number of benzene rings is 3. The lowest BCUT2D eigenvalue weighted by Gasteiger charge is -2.30. The van der Waals surface area contributed by atoms with Crippen LogP contribution in [0.15, 0.2) is 69.6 Å². The van der Waals surface area contributed by atoms with Gasteiger partial charge in [-0.05, 0) is 101 Å². The molecular weight excluding hydrogens is 764 g/mol. The molecule has 0 radical (unpaired) electrons. The van der Waals surface area contributed by atoms with Gasteiger partial charge in [-0.1, -0.05) is 41.7 Å². The Bertz CT molecular complexity index is 1890. The zero-order valence-corrected chi connectivity index (χ0v) is 28.5. The van der Waals surface area contributed by atoms with E-state index >= 15 is 0 Å². The lowest BCUT2D eigenvalue weighted by Crippen LogP contribution is -2.43. The second-order valence-electron chi connectivity index (χ2n) is 9.47. The third-order valence-electron chi connectivity index (χ3n) is 7.25. The maximum atomic E-state index is 14.3. The molecule has 41 heavy (non-hydrogen) atoms. The van der Waals surface area contributed by atoms with Crippen molar-refractivity contribution in [2.24, 2.45) is 4.99 Å². The molecule has 7 nitrogen and oxygen atoms in total. The number of aromatic nitrogens is 1. The van der Waals surface area contributed by atoms with Crippen molar-refractivity contribution in [2.45, 2.75) is 26.8 Å². The molecule has 10 heteroatoms. The first-order valence-electron chi connectivity index (χ1n) is 13.1. The van der Waals surface area contributed by atoms with Crippen LogP contribution in [0.4, 0.5) is 0 Å². The molecule has 212 valence electrons. The molecule has 5 rings (SSSR count). The summed E-state index contributed by atoms with van der Waals surface area (Å²) in [4.78, 5) is 35.6. The molecule has 0 unspecified atom stereocenters. The van der Waals surface area contributed by atoms with Crippen molar-refractivity contribution >= 4 is 79.3 Å². The standard InChI is InChI=1S/C31H29I2N3O4S/c1-6-35(7-2)30(38)25-17(3)34-31-36(27(25)26-21-11-9-8-10-18(21)12-13-23(26)39-4)29(37)24(41-31)15-19-14-20(32)16-22(33)28(19)40-5/h8-16,27H,6-7H2,1-5H3/b24-15+/t27-/m0/s1. The van der Waals surface area contributed by atoms with Gasteiger partial charge < -0.3 is 14.4 Å². The second-order valence-corrected chi connectivity index (χ2v) is 12.9. The number of likely N-dealkylation sites (N-methyl/N-ethyl adjacent to an activating group) is 1. The number of hydrogen-bond acceptors (Lipinski definition) is 6. The first kappa shape index (κ1) is 29.8. The number of rotatable bonds is 7. The second kappa shape index (κ2) is 12.3. The van der Waals surface area contributed by atoms with Crippen molar-refractivity contribution in [3.8, 4) is 11.5 Å². The van der Waals surface area contributed by atoms with E-state index in [1.807, 2.05) is 75.4 Å². The third kappa shape index (κ3) is 5.34. The van der Waals surface area contributed by atoms with Crippen LogP contribution in [0.25, 0.3) is 16.8 Å². The van der Waals surface area contributed by atoms with Crippen molar-refractivity contribution in [1.29, 1.82) is 0 Å². The number of amides is 1. The summed E-state index contributed by atoms with van der Waals surface area (Å²) >= 11 is 5.81. The molecule has 0 saturated heterocycles. The summed E-state index contributed by atoms with van der Waals surface area (Å²) in [5, 5.41) is 1.91. The Labute approximate surface area is 269 Å². The Kier molecular flexibility index (Phi) is 8.90. The normalized spacial score (nSPS) is 15.1. The molecule has 1 atom stereocenters. The number of ether oxygens (including phenoxy) is 2. The maximum absolute atomic E-state index is 14.3. The zero-order chi connectivity index (χ0) is 29.4. The molecule has 0 saturated carbocycles. The summed E-state index contributed by atoms with van der Waals surface area (Å²) in [7, 11) is 3.25. The van der Waals surface area contributed by atoms with Gasteiger partial charge in [0, 0.05) is 27.8 Å². The lowest BCUT2D eigenvalue weighted by atomic mass is 9.90. The van der Waals surface area contributed by atoms with E-state index in [4.69, 9.17) is 14.5 Å². The van der Waals surface area contributed by atoms with Crippen LogP contribution in [0.5, 0.6) is 11.5 Å². The molecule has 0 aliphatic carbocycles. The minimum atomic E-state index is -0.722. The van der Waals surface area contributed by atoms with E-state index in [-0.39, 0.29) is 11.5 Å². The smallest absolute Gasteiger partial charge is 0.271 e. The minimum Gasteiger partial charge on any atom is -0.496 e. The Hall–Kier alpha value is -2.71. The number of fused-ring (bicyclic) bond motifs is 2. The number of hydrogen-bond donors (Lipinski definition) is 0. The summed E-state index contributed by atoms with van der Waals surface area (Å²) in [5.74, 6) is 1.17. The van der Waals surface area contributed by atoms with Crippen molar-refractivity contribution < 1.29 is 14.3 Å². The van der Waals surface area contributed by atoms with E-state index in [0.717, 1.165) is 29.0 Å². The van der Waals surface area contributed by atoms with Crippen LogP contribution in [0, 0.1) is 7.14 Å². The van der Waals surface area contributed by atoms with Crippen molar-refractivity contribution in [3.63, 3.8) is 0 Å². The highest BCUT2D eigenvalue weighted by molar-refractivity contribution is 14.1. The number of nitrogens with zero attached hydrogens (tertiary/aromatic N) is 3. The fourth-order valence-electron chi connectivity index (χ4n) is 5.33. The van der Waals surface area contributed by atoms with Crippen LogP contribution < -0.4 is 24.4 Å². The number of thiazole rings is 1. The first-order valence-corrected chi connectivity index (χ1v) is 16.1. The third-order valence-corrected chi connectivity index (χ3v) is 9.66. The van der Waals surface area contributed by atoms with Gasteiger partial charge in [-0.25, -0.2) is 4.99 Å². The predicted octanol–water partition coefficient (Wildman–Crippen LogP) is 5.48. The van der Waals surface area contributed by atoms with Gasteiger partial charge in [-0.15, -0.1) is 0 Å². The Morgan fingerprint density at radius 1 is 1.10 bits per heavy atom. The molecule has 0 spiro atoms. The monoisotopic (exact) mass is 793 g/mol. The molecule has 1 aliphatic rings. The highest BCUT2D eigenvalue weighted by atomic mass is 127. The summed E-state index contributed by atoms with van der Waals surface area (Å²) in [6.45, 7) is 6.84. The maximum Gasteiger partial charge on any atom is 0.271 e. The molecule has 2 heterocycles. The highest BCUT2D eigenvalue weighted by Gasteiger charge is 2.36. The van der Waals surface area contributed by atoms with Gasteiger partial charge in [0.15, 0.2) is 4.80 Å². The van der Waals surface area contributed by atoms with E-state index in [2.05, 4.69) is 45.2 Å². The highest BCUT2D eigenvalue weighted by Crippen LogP contribution is 2.40. The Morgan fingerprint density at radius 2 is 1.83 bits per heavy atom. The predicted molar refractivity (Wildman–Crippen MR) is 181 cm³/mol. The van der Waals surface area contributed by atoms with Crippen LogP contribution in [-0.2, 0) is 4.79 Å². The van der Waals surface area contributed by atoms with Gasteiger partial charge in [0.1, 0.15) is 17.5 Å². The number of halogens is 2. The fourth-order valence-corrected chi connectivity index (χ4v) is 8.48. The van der Waals surface area contributed by atoms with Crippen LogP contribution >= 0.6 is 56.5 Å². The molecule has 1 amide bonds. The van der Waals surface area contributed by atoms with Gasteiger partial charge in [-0.2, -0.15) is 0 Å². The molecule has 0 fully saturated rings. The summed E-state index contributed by atoms with van der Waals surface area (Å²) in [6, 6.07) is 15.2. The number of carbonyl (C=O) groups excluding carboxylic acids is 1. The van der Waals surface area contributed by atoms with E-state index < -0.39 is 6.04 Å². The lowest BCUT2D eigenvalue weighted by molar-refractivity contribution is -0.127. The minimum absolute atomic E-state index is 0.139. The summed E-state index contributed by atoms with van der Waals surface area (Å²) in [6.07, 6.45) is 1.86. The average Bonchev–Trinajstić information content (AvgIpc) is 3.26.